The van der Waals surface area contributed by atoms with Crippen LogP contribution in [0.15, 0.2) is 18.2 Å². The first-order valence-electron chi connectivity index (χ1n) is 2.80. The molecule has 2 nitrogen and oxygen atoms in total. The van der Waals surface area contributed by atoms with Crippen LogP contribution in [0.1, 0.15) is 10.4 Å². The second kappa shape index (κ2) is 2.88. The van der Waals surface area contributed by atoms with Crippen LogP contribution in [0, 0.1) is 5.82 Å². The number of benzene rings is 1. The topological polar surface area (TPSA) is 37.3 Å². The van der Waals surface area contributed by atoms with Crippen molar-refractivity contribution >= 4 is 16.8 Å². The molecule has 0 atom stereocenters. The molecule has 0 aliphatic rings. The van der Waals surface area contributed by atoms with Crippen molar-refractivity contribution in [1.29, 1.82) is 0 Å². The number of phenols is 1. The Hall–Kier alpha value is -1.09. The standard InChI is InChI=1S/C7H4ClFO2/c8-7(11)4-2-1-3-5(10)6(4)9/h1-3,10H. The summed E-state index contributed by atoms with van der Waals surface area (Å²) >= 11 is 4.99. The van der Waals surface area contributed by atoms with Crippen LogP contribution in [-0.2, 0) is 0 Å². The van der Waals surface area contributed by atoms with E-state index in [9.17, 15) is 9.18 Å². The second-order valence-corrected chi connectivity index (χ2v) is 2.26. The maximum atomic E-state index is 12.7. The maximum absolute atomic E-state index is 12.7. The van der Waals surface area contributed by atoms with Crippen LogP contribution in [0.4, 0.5) is 4.39 Å². The average Bonchev–Trinajstić information content (AvgIpc) is 1.94. The van der Waals surface area contributed by atoms with Crippen LogP contribution in [0.25, 0.3) is 0 Å². The monoisotopic (exact) mass is 174 g/mol. The first kappa shape index (κ1) is 8.01. The van der Waals surface area contributed by atoms with E-state index in [1.165, 1.54) is 12.1 Å². The normalized spacial score (nSPS) is 9.64. The van der Waals surface area contributed by atoms with Crippen molar-refractivity contribution in [3.05, 3.63) is 29.6 Å². The van der Waals surface area contributed by atoms with Gasteiger partial charge in [0.05, 0.1) is 5.56 Å². The SMILES string of the molecule is O=C(Cl)c1cccc(O)c1F. The molecule has 0 spiro atoms. The quantitative estimate of drug-likeness (QED) is 0.661. The van der Waals surface area contributed by atoms with E-state index in [4.69, 9.17) is 16.7 Å². The molecule has 0 saturated heterocycles. The summed E-state index contributed by atoms with van der Waals surface area (Å²) in [6.45, 7) is 0. The smallest absolute Gasteiger partial charge is 0.255 e. The largest absolute Gasteiger partial charge is 0.505 e. The molecule has 0 bridgehead atoms. The highest BCUT2D eigenvalue weighted by molar-refractivity contribution is 6.67. The molecule has 1 N–H and O–H groups in total. The predicted octanol–water partition coefficient (Wildman–Crippen LogP) is 1.91. The third-order valence-corrected chi connectivity index (χ3v) is 1.39. The van der Waals surface area contributed by atoms with Gasteiger partial charge in [-0.05, 0) is 23.7 Å². The first-order chi connectivity index (χ1) is 5.13. The summed E-state index contributed by atoms with van der Waals surface area (Å²) in [7, 11) is 0. The molecule has 0 fully saturated rings. The van der Waals surface area contributed by atoms with Gasteiger partial charge in [-0.15, -0.1) is 0 Å². The summed E-state index contributed by atoms with van der Waals surface area (Å²) in [5, 5.41) is 7.84. The van der Waals surface area contributed by atoms with Crippen LogP contribution >= 0.6 is 11.6 Å². The van der Waals surface area contributed by atoms with Crippen molar-refractivity contribution in [3.8, 4) is 5.75 Å². The van der Waals surface area contributed by atoms with E-state index in [0.717, 1.165) is 6.07 Å². The molecule has 11 heavy (non-hydrogen) atoms. The highest BCUT2D eigenvalue weighted by atomic mass is 35.5. The minimum absolute atomic E-state index is 0.313. The van der Waals surface area contributed by atoms with Crippen LogP contribution in [-0.4, -0.2) is 10.3 Å². The fourth-order valence-corrected chi connectivity index (χ4v) is 0.818. The fourth-order valence-electron chi connectivity index (χ4n) is 0.672. The van der Waals surface area contributed by atoms with Gasteiger partial charge < -0.3 is 5.11 Å². The molecule has 1 aromatic rings. The summed E-state index contributed by atoms with van der Waals surface area (Å²) in [4.78, 5) is 10.4. The number of halogens is 2. The van der Waals surface area contributed by atoms with E-state index in [1.807, 2.05) is 0 Å². The molecule has 58 valence electrons. The Balaban J connectivity index is 3.27. The van der Waals surface area contributed by atoms with E-state index in [1.54, 1.807) is 0 Å². The van der Waals surface area contributed by atoms with E-state index in [-0.39, 0.29) is 5.56 Å². The molecular weight excluding hydrogens is 171 g/mol. The average molecular weight is 175 g/mol. The van der Waals surface area contributed by atoms with Crippen LogP contribution in [0.3, 0.4) is 0 Å². The Morgan fingerprint density at radius 3 is 2.64 bits per heavy atom. The van der Waals surface area contributed by atoms with Gasteiger partial charge in [0.15, 0.2) is 11.6 Å². The lowest BCUT2D eigenvalue weighted by Crippen LogP contribution is -1.93. The van der Waals surface area contributed by atoms with Gasteiger partial charge in [-0.2, -0.15) is 0 Å². The van der Waals surface area contributed by atoms with Gasteiger partial charge in [0, 0.05) is 0 Å². The molecule has 0 amide bonds. The summed E-state index contributed by atoms with van der Waals surface area (Å²) in [5.41, 5.74) is -0.313. The van der Waals surface area contributed by atoms with Crippen LogP contribution in [0.2, 0.25) is 0 Å². The Morgan fingerprint density at radius 2 is 2.18 bits per heavy atom. The van der Waals surface area contributed by atoms with Crippen molar-refractivity contribution in [2.24, 2.45) is 0 Å². The Bertz CT molecular complexity index is 298. The molecule has 0 radical (unpaired) electrons. The van der Waals surface area contributed by atoms with Crippen molar-refractivity contribution in [1.82, 2.24) is 0 Å². The van der Waals surface area contributed by atoms with Crippen molar-refractivity contribution < 1.29 is 14.3 Å². The van der Waals surface area contributed by atoms with E-state index in [0.29, 0.717) is 0 Å². The summed E-state index contributed by atoms with van der Waals surface area (Å²) in [5.74, 6) is -1.55. The number of hydrogen-bond acceptors (Lipinski definition) is 2. The summed E-state index contributed by atoms with van der Waals surface area (Å²) in [6, 6.07) is 3.68. The molecular formula is C7H4ClFO2. The Labute approximate surface area is 67.2 Å². The minimum atomic E-state index is -0.979. The third-order valence-electron chi connectivity index (χ3n) is 1.19. The lowest BCUT2D eigenvalue weighted by atomic mass is 10.2. The molecule has 0 unspecified atom stereocenters. The zero-order valence-corrected chi connectivity index (χ0v) is 6.10. The van der Waals surface area contributed by atoms with Gasteiger partial charge in [0.25, 0.3) is 5.24 Å². The van der Waals surface area contributed by atoms with E-state index < -0.39 is 16.8 Å². The van der Waals surface area contributed by atoms with Gasteiger partial charge in [0.1, 0.15) is 0 Å². The Morgan fingerprint density at radius 1 is 1.55 bits per heavy atom. The molecule has 1 rings (SSSR count). The zero-order valence-electron chi connectivity index (χ0n) is 5.34. The third kappa shape index (κ3) is 1.49. The van der Waals surface area contributed by atoms with Crippen LogP contribution in [0.5, 0.6) is 5.75 Å². The predicted molar refractivity (Wildman–Crippen MR) is 38.2 cm³/mol. The number of aromatic hydroxyl groups is 1. The van der Waals surface area contributed by atoms with E-state index in [2.05, 4.69) is 0 Å². The van der Waals surface area contributed by atoms with E-state index >= 15 is 0 Å². The second-order valence-electron chi connectivity index (χ2n) is 1.91. The van der Waals surface area contributed by atoms with Gasteiger partial charge in [-0.25, -0.2) is 4.39 Å². The Kier molecular flexibility index (Phi) is 2.10. The molecule has 0 heterocycles. The van der Waals surface area contributed by atoms with Crippen LogP contribution < -0.4 is 0 Å². The van der Waals surface area contributed by atoms with Gasteiger partial charge in [0.2, 0.25) is 0 Å². The lowest BCUT2D eigenvalue weighted by Gasteiger charge is -1.97. The maximum Gasteiger partial charge on any atom is 0.255 e. The number of hydrogen-bond donors (Lipinski definition) is 1. The van der Waals surface area contributed by atoms with Crippen molar-refractivity contribution in [2.45, 2.75) is 0 Å². The fraction of sp³-hybridized carbons (Fsp3) is 0. The molecule has 1 aromatic carbocycles. The van der Waals surface area contributed by atoms with Crippen molar-refractivity contribution in [2.75, 3.05) is 0 Å². The zero-order chi connectivity index (χ0) is 8.43. The van der Waals surface area contributed by atoms with Gasteiger partial charge in [-0.3, -0.25) is 4.79 Å². The highest BCUT2D eigenvalue weighted by Crippen LogP contribution is 2.19. The molecule has 0 aromatic heterocycles. The molecule has 0 aliphatic carbocycles. The van der Waals surface area contributed by atoms with Gasteiger partial charge in [-0.1, -0.05) is 6.07 Å². The van der Waals surface area contributed by atoms with Crippen molar-refractivity contribution in [3.63, 3.8) is 0 Å². The molecule has 4 heteroatoms. The number of phenolic OH excluding ortho intramolecular Hbond substituents is 1. The van der Waals surface area contributed by atoms with Gasteiger partial charge >= 0.3 is 0 Å². The lowest BCUT2D eigenvalue weighted by molar-refractivity contribution is 0.107. The first-order valence-corrected chi connectivity index (χ1v) is 3.18. The highest BCUT2D eigenvalue weighted by Gasteiger charge is 2.11. The molecule has 0 saturated carbocycles. The number of rotatable bonds is 1. The number of carbonyl (C=O) groups excluding carboxylic acids is 1. The summed E-state index contributed by atoms with van der Waals surface area (Å²) < 4.78 is 12.7. The number of carbonyl (C=O) groups is 1. The summed E-state index contributed by atoms with van der Waals surface area (Å²) in [6.07, 6.45) is 0. The minimum Gasteiger partial charge on any atom is -0.505 e. The molecule has 0 aliphatic heterocycles.